The SMILES string of the molecule is Cc1c(C)c(N(C)C)c(C)c(C)c1NS(=O)(=O)[O-]. The van der Waals surface area contributed by atoms with Crippen LogP contribution in [-0.2, 0) is 10.3 Å². The summed E-state index contributed by atoms with van der Waals surface area (Å²) in [7, 11) is -0.630. The molecule has 1 rings (SSSR count). The van der Waals surface area contributed by atoms with E-state index in [1.54, 1.807) is 0 Å². The number of nitrogens with one attached hydrogen (secondary N) is 1. The first kappa shape index (κ1) is 14.8. The van der Waals surface area contributed by atoms with E-state index >= 15 is 0 Å². The van der Waals surface area contributed by atoms with Gasteiger partial charge in [0, 0.05) is 19.8 Å². The quantitative estimate of drug-likeness (QED) is 0.852. The van der Waals surface area contributed by atoms with Crippen molar-refractivity contribution in [2.75, 3.05) is 23.7 Å². The Balaban J connectivity index is 3.59. The van der Waals surface area contributed by atoms with Crippen LogP contribution in [0.1, 0.15) is 22.3 Å². The Bertz CT molecular complexity index is 548. The van der Waals surface area contributed by atoms with Gasteiger partial charge < -0.3 is 9.45 Å². The van der Waals surface area contributed by atoms with Gasteiger partial charge in [0.1, 0.15) is 0 Å². The summed E-state index contributed by atoms with van der Waals surface area (Å²) in [6.07, 6.45) is 0. The fourth-order valence-corrected chi connectivity index (χ4v) is 2.80. The van der Waals surface area contributed by atoms with Gasteiger partial charge in [0.05, 0.1) is 5.69 Å². The summed E-state index contributed by atoms with van der Waals surface area (Å²) in [5.74, 6) is 0. The zero-order chi connectivity index (χ0) is 14.2. The lowest BCUT2D eigenvalue weighted by Gasteiger charge is -2.26. The third kappa shape index (κ3) is 2.76. The smallest absolute Gasteiger partial charge is 0.181 e. The molecular formula is C12H19N2O3S-. The van der Waals surface area contributed by atoms with Gasteiger partial charge in [-0.15, -0.1) is 0 Å². The van der Waals surface area contributed by atoms with Crippen molar-refractivity contribution in [3.63, 3.8) is 0 Å². The van der Waals surface area contributed by atoms with Crippen molar-refractivity contribution >= 4 is 21.7 Å². The first-order valence-electron chi connectivity index (χ1n) is 5.57. The van der Waals surface area contributed by atoms with Gasteiger partial charge in [-0.3, -0.25) is 4.72 Å². The molecule has 5 nitrogen and oxygen atoms in total. The lowest BCUT2D eigenvalue weighted by atomic mass is 9.96. The summed E-state index contributed by atoms with van der Waals surface area (Å²) >= 11 is 0. The van der Waals surface area contributed by atoms with Gasteiger partial charge in [-0.25, -0.2) is 8.42 Å². The highest BCUT2D eigenvalue weighted by molar-refractivity contribution is 7.87. The number of hydrogen-bond donors (Lipinski definition) is 1. The molecule has 0 bridgehead atoms. The molecular weight excluding hydrogens is 252 g/mol. The highest BCUT2D eigenvalue weighted by atomic mass is 32.2. The Morgan fingerprint density at radius 2 is 1.33 bits per heavy atom. The van der Waals surface area contributed by atoms with Crippen LogP contribution in [0.3, 0.4) is 0 Å². The van der Waals surface area contributed by atoms with Crippen LogP contribution in [0.5, 0.6) is 0 Å². The highest BCUT2D eigenvalue weighted by Crippen LogP contribution is 2.35. The van der Waals surface area contributed by atoms with Crippen LogP contribution in [0.4, 0.5) is 11.4 Å². The van der Waals surface area contributed by atoms with Gasteiger partial charge in [-0.2, -0.15) is 0 Å². The summed E-state index contributed by atoms with van der Waals surface area (Å²) in [6.45, 7) is 7.45. The lowest BCUT2D eigenvalue weighted by Crippen LogP contribution is -2.18. The normalized spacial score (nSPS) is 11.5. The number of rotatable bonds is 3. The molecule has 0 amide bonds. The Hall–Kier alpha value is -1.27. The van der Waals surface area contributed by atoms with Crippen molar-refractivity contribution in [2.45, 2.75) is 27.7 Å². The molecule has 0 unspecified atom stereocenters. The van der Waals surface area contributed by atoms with Gasteiger partial charge in [0.15, 0.2) is 10.3 Å². The Morgan fingerprint density at radius 3 is 1.61 bits per heavy atom. The molecule has 102 valence electrons. The summed E-state index contributed by atoms with van der Waals surface area (Å²) in [5.41, 5.74) is 4.94. The molecule has 0 saturated heterocycles. The first-order valence-corrected chi connectivity index (χ1v) is 6.98. The molecule has 0 heterocycles. The van der Waals surface area contributed by atoms with Crippen LogP contribution in [0.15, 0.2) is 0 Å². The predicted molar refractivity (Wildman–Crippen MR) is 73.0 cm³/mol. The molecule has 6 heteroatoms. The van der Waals surface area contributed by atoms with E-state index < -0.39 is 10.3 Å². The minimum Gasteiger partial charge on any atom is -0.731 e. The van der Waals surface area contributed by atoms with Crippen molar-refractivity contribution < 1.29 is 13.0 Å². The molecule has 0 atom stereocenters. The van der Waals surface area contributed by atoms with E-state index in [0.29, 0.717) is 5.69 Å². The lowest BCUT2D eigenvalue weighted by molar-refractivity contribution is 0.469. The molecule has 0 spiro atoms. The van der Waals surface area contributed by atoms with Crippen LogP contribution in [0.2, 0.25) is 0 Å². The van der Waals surface area contributed by atoms with Gasteiger partial charge >= 0.3 is 0 Å². The summed E-state index contributed by atoms with van der Waals surface area (Å²) in [4.78, 5) is 1.99. The van der Waals surface area contributed by atoms with Crippen molar-refractivity contribution in [3.8, 4) is 0 Å². The Morgan fingerprint density at radius 1 is 0.944 bits per heavy atom. The molecule has 0 aliphatic heterocycles. The van der Waals surface area contributed by atoms with E-state index in [-0.39, 0.29) is 0 Å². The van der Waals surface area contributed by atoms with Gasteiger partial charge in [-0.05, 0) is 49.9 Å². The van der Waals surface area contributed by atoms with E-state index in [1.165, 1.54) is 0 Å². The van der Waals surface area contributed by atoms with Gasteiger partial charge in [-0.1, -0.05) is 0 Å². The molecule has 0 aliphatic carbocycles. The molecule has 0 radical (unpaired) electrons. The van der Waals surface area contributed by atoms with Crippen LogP contribution < -0.4 is 9.62 Å². The topological polar surface area (TPSA) is 72.5 Å². The van der Waals surface area contributed by atoms with Crippen molar-refractivity contribution in [1.82, 2.24) is 0 Å². The molecule has 1 N–H and O–H groups in total. The van der Waals surface area contributed by atoms with Crippen LogP contribution in [-0.4, -0.2) is 27.1 Å². The minimum atomic E-state index is -4.50. The monoisotopic (exact) mass is 271 g/mol. The molecule has 0 aliphatic rings. The molecule has 0 fully saturated rings. The van der Waals surface area contributed by atoms with Gasteiger partial charge in [0.25, 0.3) is 0 Å². The summed E-state index contributed by atoms with van der Waals surface area (Å²) < 4.78 is 34.7. The second-order valence-electron chi connectivity index (χ2n) is 4.67. The van der Waals surface area contributed by atoms with E-state index in [2.05, 4.69) is 4.72 Å². The second-order valence-corrected chi connectivity index (χ2v) is 5.79. The molecule has 1 aromatic carbocycles. The van der Waals surface area contributed by atoms with Crippen LogP contribution in [0, 0.1) is 27.7 Å². The molecule has 1 aromatic rings. The van der Waals surface area contributed by atoms with E-state index in [0.717, 1.165) is 27.9 Å². The fraction of sp³-hybridized carbons (Fsp3) is 0.500. The van der Waals surface area contributed by atoms with Crippen molar-refractivity contribution in [1.29, 1.82) is 0 Å². The minimum absolute atomic E-state index is 0.394. The van der Waals surface area contributed by atoms with Crippen molar-refractivity contribution in [3.05, 3.63) is 22.3 Å². The maximum absolute atomic E-state index is 10.9. The third-order valence-electron chi connectivity index (χ3n) is 3.26. The first-order chi connectivity index (χ1) is 8.06. The third-order valence-corrected chi connectivity index (χ3v) is 3.71. The molecule has 18 heavy (non-hydrogen) atoms. The fourth-order valence-electron chi connectivity index (χ4n) is 2.24. The zero-order valence-corrected chi connectivity index (χ0v) is 12.4. The highest BCUT2D eigenvalue weighted by Gasteiger charge is 2.16. The largest absolute Gasteiger partial charge is 0.731 e. The average Bonchev–Trinajstić information content (AvgIpc) is 2.20. The number of hydrogen-bond acceptors (Lipinski definition) is 4. The molecule has 0 saturated carbocycles. The summed E-state index contributed by atoms with van der Waals surface area (Å²) in [5, 5.41) is 0. The predicted octanol–water partition coefficient (Wildman–Crippen LogP) is 1.86. The Kier molecular flexibility index (Phi) is 3.92. The summed E-state index contributed by atoms with van der Waals surface area (Å²) in [6, 6.07) is 0. The van der Waals surface area contributed by atoms with E-state index in [4.69, 9.17) is 0 Å². The average molecular weight is 271 g/mol. The number of nitrogens with zero attached hydrogens (tertiary/aromatic N) is 1. The molecule has 0 aromatic heterocycles. The van der Waals surface area contributed by atoms with E-state index in [1.807, 2.05) is 46.7 Å². The maximum Gasteiger partial charge on any atom is 0.181 e. The zero-order valence-electron chi connectivity index (χ0n) is 11.6. The maximum atomic E-state index is 10.9. The number of benzene rings is 1. The Labute approximate surface area is 109 Å². The van der Waals surface area contributed by atoms with E-state index in [9.17, 15) is 13.0 Å². The van der Waals surface area contributed by atoms with Crippen molar-refractivity contribution in [2.24, 2.45) is 0 Å². The number of anilines is 2. The van der Waals surface area contributed by atoms with Crippen LogP contribution >= 0.6 is 0 Å². The van der Waals surface area contributed by atoms with Gasteiger partial charge in [0.2, 0.25) is 0 Å². The van der Waals surface area contributed by atoms with Crippen LogP contribution in [0.25, 0.3) is 0 Å². The standard InChI is InChI=1S/C12H20N2O3S/c1-7-9(3)12(14(5)6)10(4)8(2)11(7)13-18(15,16)17/h13H,1-6H3,(H,15,16,17)/p-1. The second kappa shape index (κ2) is 4.78.